The molecule has 0 aliphatic heterocycles. The first-order valence-corrected chi connectivity index (χ1v) is 6.21. The average Bonchev–Trinajstić information content (AvgIpc) is 2.65. The number of benzene rings is 1. The van der Waals surface area contributed by atoms with Gasteiger partial charge in [0.25, 0.3) is 5.69 Å². The van der Waals surface area contributed by atoms with Crippen LogP contribution in [0.4, 0.5) is 11.4 Å². The third-order valence-corrected chi connectivity index (χ3v) is 3.46. The molecule has 19 heavy (non-hydrogen) atoms. The van der Waals surface area contributed by atoms with Gasteiger partial charge in [0.1, 0.15) is 5.69 Å². The highest BCUT2D eigenvalue weighted by Gasteiger charge is 2.18. The Morgan fingerprint density at radius 1 is 1.16 bits per heavy atom. The fourth-order valence-electron chi connectivity index (χ4n) is 1.74. The maximum Gasteiger partial charge on any atom is 0.295 e. The van der Waals surface area contributed by atoms with Crippen molar-refractivity contribution in [3.8, 4) is 0 Å². The Morgan fingerprint density at radius 3 is 2.21 bits per heavy atom. The molecule has 0 unspecified atom stereocenters. The van der Waals surface area contributed by atoms with Crippen molar-refractivity contribution in [2.45, 2.75) is 13.8 Å². The van der Waals surface area contributed by atoms with Gasteiger partial charge in [-0.05, 0) is 32.0 Å². The quantitative estimate of drug-likeness (QED) is 0.682. The van der Waals surface area contributed by atoms with Gasteiger partial charge in [0, 0.05) is 17.5 Å². The summed E-state index contributed by atoms with van der Waals surface area (Å²) in [5, 5.41) is 11.5. The summed E-state index contributed by atoms with van der Waals surface area (Å²) in [6.45, 7) is 3.78. The lowest BCUT2D eigenvalue weighted by Crippen LogP contribution is -2.13. The number of hydrogen-bond acceptors (Lipinski definition) is 3. The summed E-state index contributed by atoms with van der Waals surface area (Å²) >= 11 is 11.7. The molecular formula is C12H11Cl2N3O2. The molecule has 0 spiro atoms. The van der Waals surface area contributed by atoms with Crippen LogP contribution >= 0.6 is 23.2 Å². The van der Waals surface area contributed by atoms with Gasteiger partial charge < -0.3 is 0 Å². The number of nitrogens with zero attached hydrogens (tertiary/aromatic N) is 2. The predicted molar refractivity (Wildman–Crippen MR) is 76.0 cm³/mol. The molecule has 5 nitrogen and oxygen atoms in total. The van der Waals surface area contributed by atoms with Crippen LogP contribution in [0, 0.1) is 24.0 Å². The maximum absolute atomic E-state index is 11.0. The van der Waals surface area contributed by atoms with E-state index in [-0.39, 0.29) is 15.7 Å². The third kappa shape index (κ3) is 2.67. The fraction of sp³-hybridized carbons (Fsp3) is 0.167. The minimum Gasteiger partial charge on any atom is -0.288 e. The van der Waals surface area contributed by atoms with E-state index in [1.165, 1.54) is 12.1 Å². The van der Waals surface area contributed by atoms with Crippen molar-refractivity contribution < 1.29 is 4.92 Å². The normalized spacial score (nSPS) is 10.5. The highest BCUT2D eigenvalue weighted by Crippen LogP contribution is 2.34. The minimum absolute atomic E-state index is 0.123. The molecule has 0 radical (unpaired) electrons. The third-order valence-electron chi connectivity index (χ3n) is 2.74. The van der Waals surface area contributed by atoms with Crippen LogP contribution in [0.3, 0.4) is 0 Å². The SMILES string of the molecule is Cc1ccc(C)n1Nc1cc(Cl)c(Cl)cc1[N+](=O)[O-]. The van der Waals surface area contributed by atoms with Gasteiger partial charge in [0.05, 0.1) is 15.0 Å². The predicted octanol–water partition coefficient (Wildman–Crippen LogP) is 4.20. The van der Waals surface area contributed by atoms with Crippen LogP contribution in [0.1, 0.15) is 11.4 Å². The Kier molecular flexibility index (Phi) is 3.68. The largest absolute Gasteiger partial charge is 0.295 e. The summed E-state index contributed by atoms with van der Waals surface area (Å²) < 4.78 is 1.74. The van der Waals surface area contributed by atoms with E-state index in [9.17, 15) is 10.1 Å². The molecule has 0 fully saturated rings. The Hall–Kier alpha value is -1.72. The number of aromatic nitrogens is 1. The summed E-state index contributed by atoms with van der Waals surface area (Å²) in [6, 6.07) is 6.50. The first-order valence-electron chi connectivity index (χ1n) is 5.45. The van der Waals surface area contributed by atoms with E-state index in [0.29, 0.717) is 5.69 Å². The van der Waals surface area contributed by atoms with Crippen LogP contribution in [0.5, 0.6) is 0 Å². The molecule has 100 valence electrons. The zero-order valence-electron chi connectivity index (χ0n) is 10.3. The summed E-state index contributed by atoms with van der Waals surface area (Å²) in [6.07, 6.45) is 0. The lowest BCUT2D eigenvalue weighted by molar-refractivity contribution is -0.384. The molecule has 7 heteroatoms. The average molecular weight is 300 g/mol. The number of nitrogens with one attached hydrogen (secondary N) is 1. The topological polar surface area (TPSA) is 60.1 Å². The first-order chi connectivity index (χ1) is 8.90. The van der Waals surface area contributed by atoms with Gasteiger partial charge in [-0.3, -0.25) is 20.2 Å². The second kappa shape index (κ2) is 5.11. The number of aryl methyl sites for hydroxylation is 2. The number of rotatable bonds is 3. The summed E-state index contributed by atoms with van der Waals surface area (Å²) in [5.74, 6) is 0. The maximum atomic E-state index is 11.0. The molecule has 0 aliphatic carbocycles. The highest BCUT2D eigenvalue weighted by molar-refractivity contribution is 6.42. The van der Waals surface area contributed by atoms with E-state index in [0.717, 1.165) is 11.4 Å². The fourth-order valence-corrected chi connectivity index (χ4v) is 2.06. The van der Waals surface area contributed by atoms with Crippen LogP contribution in [0.2, 0.25) is 10.0 Å². The van der Waals surface area contributed by atoms with E-state index in [1.807, 2.05) is 26.0 Å². The Morgan fingerprint density at radius 2 is 1.68 bits per heavy atom. The van der Waals surface area contributed by atoms with E-state index >= 15 is 0 Å². The monoisotopic (exact) mass is 299 g/mol. The molecule has 0 aliphatic rings. The van der Waals surface area contributed by atoms with Gasteiger partial charge in [-0.15, -0.1) is 0 Å². The zero-order valence-corrected chi connectivity index (χ0v) is 11.8. The number of halogens is 2. The smallest absolute Gasteiger partial charge is 0.288 e. The molecular weight excluding hydrogens is 289 g/mol. The van der Waals surface area contributed by atoms with Crippen LogP contribution in [0.15, 0.2) is 24.3 Å². The lowest BCUT2D eigenvalue weighted by Gasteiger charge is -2.13. The van der Waals surface area contributed by atoms with E-state index in [2.05, 4.69) is 5.43 Å². The van der Waals surface area contributed by atoms with Crippen LogP contribution < -0.4 is 5.43 Å². The van der Waals surface area contributed by atoms with Gasteiger partial charge in [0.2, 0.25) is 0 Å². The molecule has 0 amide bonds. The second-order valence-electron chi connectivity index (χ2n) is 4.10. The van der Waals surface area contributed by atoms with Gasteiger partial charge >= 0.3 is 0 Å². The van der Waals surface area contributed by atoms with E-state index in [4.69, 9.17) is 23.2 Å². The summed E-state index contributed by atoms with van der Waals surface area (Å²) in [7, 11) is 0. The van der Waals surface area contributed by atoms with E-state index < -0.39 is 4.92 Å². The molecule has 0 atom stereocenters. The van der Waals surface area contributed by atoms with Gasteiger partial charge in [-0.25, -0.2) is 0 Å². The first kappa shape index (κ1) is 13.7. The molecule has 1 aromatic heterocycles. The van der Waals surface area contributed by atoms with Crippen molar-refractivity contribution in [1.29, 1.82) is 0 Å². The Balaban J connectivity index is 2.50. The van der Waals surface area contributed by atoms with Crippen LogP contribution in [0.25, 0.3) is 0 Å². The van der Waals surface area contributed by atoms with Gasteiger partial charge in [0.15, 0.2) is 0 Å². The molecule has 1 aromatic carbocycles. The Labute approximate surface area is 119 Å². The number of hydrogen-bond donors (Lipinski definition) is 1. The number of anilines is 1. The lowest BCUT2D eigenvalue weighted by atomic mass is 10.3. The van der Waals surface area contributed by atoms with Gasteiger partial charge in [-0.1, -0.05) is 23.2 Å². The standard InChI is InChI=1S/C12H11Cl2N3O2/c1-7-3-4-8(2)16(7)15-11-5-9(13)10(14)6-12(11)17(18)19/h3-6,15H,1-2H3. The van der Waals surface area contributed by atoms with Crippen LogP contribution in [-0.2, 0) is 0 Å². The van der Waals surface area contributed by atoms with Crippen molar-refractivity contribution in [3.05, 3.63) is 55.8 Å². The molecule has 1 N–H and O–H groups in total. The molecule has 0 saturated carbocycles. The molecule has 0 saturated heterocycles. The van der Waals surface area contributed by atoms with Crippen LogP contribution in [-0.4, -0.2) is 9.60 Å². The van der Waals surface area contributed by atoms with Gasteiger partial charge in [-0.2, -0.15) is 0 Å². The molecule has 0 bridgehead atoms. The molecule has 2 aromatic rings. The van der Waals surface area contributed by atoms with Crippen molar-refractivity contribution in [3.63, 3.8) is 0 Å². The van der Waals surface area contributed by atoms with Crippen molar-refractivity contribution in [2.75, 3.05) is 5.43 Å². The summed E-state index contributed by atoms with van der Waals surface area (Å²) in [4.78, 5) is 10.5. The number of nitro groups is 1. The van der Waals surface area contributed by atoms with Crippen molar-refractivity contribution >= 4 is 34.6 Å². The molecule has 2 rings (SSSR count). The summed E-state index contributed by atoms with van der Waals surface area (Å²) in [5.41, 5.74) is 5.00. The second-order valence-corrected chi connectivity index (χ2v) is 4.92. The Bertz CT molecular complexity index is 633. The van der Waals surface area contributed by atoms with Crippen molar-refractivity contribution in [1.82, 2.24) is 4.68 Å². The van der Waals surface area contributed by atoms with Crippen molar-refractivity contribution in [2.24, 2.45) is 0 Å². The molecule has 1 heterocycles. The highest BCUT2D eigenvalue weighted by atomic mass is 35.5. The van der Waals surface area contributed by atoms with E-state index in [1.54, 1.807) is 4.68 Å². The minimum atomic E-state index is -0.501. The zero-order chi connectivity index (χ0) is 14.2. The number of nitro benzene ring substituents is 1.